The molecule has 26 heavy (non-hydrogen) atoms. The third-order valence-electron chi connectivity index (χ3n) is 4.19. The van der Waals surface area contributed by atoms with Crippen molar-refractivity contribution < 1.29 is 4.74 Å². The van der Waals surface area contributed by atoms with Crippen molar-refractivity contribution in [3.63, 3.8) is 0 Å². The summed E-state index contributed by atoms with van der Waals surface area (Å²) in [5, 5.41) is 6.76. The maximum Gasteiger partial charge on any atom is 0.191 e. The normalized spacial score (nSPS) is 15.4. The number of nitrogens with one attached hydrogen (secondary N) is 2. The largest absolute Gasteiger partial charge is 0.379 e. The second kappa shape index (κ2) is 14.5. The number of thioether (sulfide) groups is 1. The Morgan fingerprint density at radius 1 is 1.19 bits per heavy atom. The van der Waals surface area contributed by atoms with Crippen LogP contribution in [0.5, 0.6) is 0 Å². The third-order valence-corrected chi connectivity index (χ3v) is 4.88. The Morgan fingerprint density at radius 2 is 1.92 bits per heavy atom. The fourth-order valence-electron chi connectivity index (χ4n) is 2.80. The molecule has 0 aromatic heterocycles. The minimum absolute atomic E-state index is 0. The first kappa shape index (κ1) is 23.5. The molecule has 148 valence electrons. The second-order valence-electron chi connectivity index (χ2n) is 6.13. The maximum absolute atomic E-state index is 5.45. The number of ether oxygens (including phenoxy) is 1. The minimum atomic E-state index is 0. The van der Waals surface area contributed by atoms with Gasteiger partial charge in [-0.15, -0.1) is 24.0 Å². The number of benzene rings is 1. The smallest absolute Gasteiger partial charge is 0.191 e. The molecule has 1 saturated heterocycles. The minimum Gasteiger partial charge on any atom is -0.379 e. The summed E-state index contributed by atoms with van der Waals surface area (Å²) in [6.07, 6.45) is 3.30. The van der Waals surface area contributed by atoms with Gasteiger partial charge in [0, 0.05) is 32.7 Å². The van der Waals surface area contributed by atoms with Crippen LogP contribution in [-0.2, 0) is 17.8 Å². The van der Waals surface area contributed by atoms with Gasteiger partial charge in [-0.2, -0.15) is 11.8 Å². The predicted octanol–water partition coefficient (Wildman–Crippen LogP) is 2.95. The van der Waals surface area contributed by atoms with Crippen molar-refractivity contribution in [3.8, 4) is 0 Å². The highest BCUT2D eigenvalue weighted by atomic mass is 127. The van der Waals surface area contributed by atoms with Crippen LogP contribution in [0.1, 0.15) is 24.5 Å². The Labute approximate surface area is 179 Å². The molecular weight excluding hydrogens is 459 g/mol. The van der Waals surface area contributed by atoms with E-state index in [9.17, 15) is 0 Å². The van der Waals surface area contributed by atoms with Gasteiger partial charge in [0.2, 0.25) is 0 Å². The van der Waals surface area contributed by atoms with Crippen molar-refractivity contribution in [2.45, 2.75) is 26.4 Å². The average Bonchev–Trinajstić information content (AvgIpc) is 2.65. The highest BCUT2D eigenvalue weighted by Gasteiger charge is 2.12. The lowest BCUT2D eigenvalue weighted by atomic mass is 10.1. The van der Waals surface area contributed by atoms with E-state index in [1.165, 1.54) is 16.9 Å². The lowest BCUT2D eigenvalue weighted by molar-refractivity contribution is 0.0341. The van der Waals surface area contributed by atoms with Crippen LogP contribution in [0.15, 0.2) is 29.3 Å². The summed E-state index contributed by atoms with van der Waals surface area (Å²) in [6.45, 7) is 9.33. The van der Waals surface area contributed by atoms with Crippen LogP contribution in [0.4, 0.5) is 0 Å². The van der Waals surface area contributed by atoms with Gasteiger partial charge in [-0.05, 0) is 36.5 Å². The van der Waals surface area contributed by atoms with E-state index in [1.807, 2.05) is 11.8 Å². The van der Waals surface area contributed by atoms with Crippen LogP contribution in [0.2, 0.25) is 0 Å². The van der Waals surface area contributed by atoms with Crippen molar-refractivity contribution in [2.75, 3.05) is 51.4 Å². The first-order valence-electron chi connectivity index (χ1n) is 9.21. The molecule has 0 aliphatic carbocycles. The summed E-state index contributed by atoms with van der Waals surface area (Å²) >= 11 is 1.88. The summed E-state index contributed by atoms with van der Waals surface area (Å²) in [5.74, 6) is 2.08. The highest BCUT2D eigenvalue weighted by Crippen LogP contribution is 2.14. The van der Waals surface area contributed by atoms with E-state index in [0.717, 1.165) is 58.3 Å². The van der Waals surface area contributed by atoms with E-state index in [-0.39, 0.29) is 24.0 Å². The van der Waals surface area contributed by atoms with E-state index in [4.69, 9.17) is 9.73 Å². The van der Waals surface area contributed by atoms with E-state index in [2.05, 4.69) is 53.0 Å². The van der Waals surface area contributed by atoms with E-state index in [0.29, 0.717) is 6.54 Å². The van der Waals surface area contributed by atoms with Gasteiger partial charge in [0.15, 0.2) is 5.96 Å². The molecule has 1 aliphatic rings. The van der Waals surface area contributed by atoms with Gasteiger partial charge in [0.1, 0.15) is 0 Å². The number of hydrogen-bond donors (Lipinski definition) is 2. The summed E-state index contributed by atoms with van der Waals surface area (Å²) in [6, 6.07) is 8.64. The van der Waals surface area contributed by atoms with Gasteiger partial charge in [-0.25, -0.2) is 4.99 Å². The number of nitrogens with zero attached hydrogens (tertiary/aromatic N) is 2. The van der Waals surface area contributed by atoms with Crippen molar-refractivity contribution >= 4 is 41.7 Å². The van der Waals surface area contributed by atoms with Crippen LogP contribution in [0.25, 0.3) is 0 Å². The van der Waals surface area contributed by atoms with Crippen molar-refractivity contribution in [3.05, 3.63) is 35.4 Å². The average molecular weight is 492 g/mol. The summed E-state index contributed by atoms with van der Waals surface area (Å²) in [7, 11) is 0. The molecule has 1 heterocycles. The van der Waals surface area contributed by atoms with Gasteiger partial charge in [-0.3, -0.25) is 4.90 Å². The molecule has 7 heteroatoms. The lowest BCUT2D eigenvalue weighted by Crippen LogP contribution is -2.38. The van der Waals surface area contributed by atoms with Crippen LogP contribution in [0.3, 0.4) is 0 Å². The zero-order valence-corrected chi connectivity index (χ0v) is 19.1. The fraction of sp³-hybridized carbons (Fsp3) is 0.632. The molecule has 0 unspecified atom stereocenters. The number of aliphatic imine (C=N–C) groups is 1. The first-order valence-corrected chi connectivity index (χ1v) is 10.6. The highest BCUT2D eigenvalue weighted by molar-refractivity contribution is 14.0. The Kier molecular flexibility index (Phi) is 13.2. The second-order valence-corrected chi connectivity index (χ2v) is 7.11. The van der Waals surface area contributed by atoms with Gasteiger partial charge in [0.25, 0.3) is 0 Å². The number of morpholine rings is 1. The molecule has 0 amide bonds. The topological polar surface area (TPSA) is 48.9 Å². The van der Waals surface area contributed by atoms with Crippen LogP contribution < -0.4 is 10.6 Å². The number of rotatable bonds is 9. The number of guanidine groups is 1. The monoisotopic (exact) mass is 492 g/mol. The molecule has 1 aromatic rings. The van der Waals surface area contributed by atoms with Crippen LogP contribution in [0, 0.1) is 0 Å². The molecule has 0 atom stereocenters. The Bertz CT molecular complexity index is 524. The van der Waals surface area contributed by atoms with E-state index in [1.54, 1.807) is 0 Å². The molecule has 5 nitrogen and oxygen atoms in total. The maximum atomic E-state index is 5.45. The zero-order chi connectivity index (χ0) is 17.7. The quantitative estimate of drug-likeness (QED) is 0.240. The molecular formula is C19H33IN4OS. The SMILES string of the molecule is CCNC(=NCc1ccccc1CN1CCOCC1)NCCCSC.I. The van der Waals surface area contributed by atoms with Crippen LogP contribution >= 0.6 is 35.7 Å². The molecule has 1 aromatic carbocycles. The predicted molar refractivity (Wildman–Crippen MR) is 124 cm³/mol. The molecule has 0 spiro atoms. The van der Waals surface area contributed by atoms with Gasteiger partial charge >= 0.3 is 0 Å². The van der Waals surface area contributed by atoms with E-state index >= 15 is 0 Å². The van der Waals surface area contributed by atoms with Crippen LogP contribution in [-0.4, -0.2) is 62.3 Å². The van der Waals surface area contributed by atoms with E-state index < -0.39 is 0 Å². The van der Waals surface area contributed by atoms with Gasteiger partial charge in [-0.1, -0.05) is 24.3 Å². The van der Waals surface area contributed by atoms with Crippen molar-refractivity contribution in [1.82, 2.24) is 15.5 Å². The fourth-order valence-corrected chi connectivity index (χ4v) is 3.23. The van der Waals surface area contributed by atoms with Crippen molar-refractivity contribution in [2.24, 2.45) is 4.99 Å². The Balaban J connectivity index is 0.00000338. The standard InChI is InChI=1S/C19H32N4OS.HI/c1-3-20-19(21-9-6-14-25-2)22-15-17-7-4-5-8-18(17)16-23-10-12-24-13-11-23;/h4-5,7-8H,3,6,9-16H2,1-2H3,(H2,20,21,22);1H. The van der Waals surface area contributed by atoms with Gasteiger partial charge in [0.05, 0.1) is 19.8 Å². The summed E-state index contributed by atoms with van der Waals surface area (Å²) < 4.78 is 5.45. The molecule has 2 N–H and O–H groups in total. The molecule has 0 saturated carbocycles. The molecule has 1 aliphatic heterocycles. The summed E-state index contributed by atoms with van der Waals surface area (Å²) in [5.41, 5.74) is 2.67. The Morgan fingerprint density at radius 3 is 2.62 bits per heavy atom. The van der Waals surface area contributed by atoms with Crippen molar-refractivity contribution in [1.29, 1.82) is 0 Å². The number of halogens is 1. The zero-order valence-electron chi connectivity index (χ0n) is 16.0. The molecule has 0 bridgehead atoms. The molecule has 0 radical (unpaired) electrons. The Hall–Kier alpha value is -0.510. The molecule has 2 rings (SSSR count). The third kappa shape index (κ3) is 8.92. The lowest BCUT2D eigenvalue weighted by Gasteiger charge is -2.27. The summed E-state index contributed by atoms with van der Waals surface area (Å²) in [4.78, 5) is 7.24. The molecule has 1 fully saturated rings. The number of hydrogen-bond acceptors (Lipinski definition) is 4. The first-order chi connectivity index (χ1) is 12.3. The van der Waals surface area contributed by atoms with Gasteiger partial charge < -0.3 is 15.4 Å².